The summed E-state index contributed by atoms with van der Waals surface area (Å²) < 4.78 is 29.0. The largest absolute Gasteiger partial charge is 0.304 e. The SMILES string of the molecule is Cc1ccc(C(=O)COS(=O)(=O)c2ccc([N+](=O)[O-])cc2[N+](=O)[O-])cc1. The number of aryl methyl sites for hydroxylation is 1. The summed E-state index contributed by atoms with van der Waals surface area (Å²) in [4.78, 5) is 30.9. The van der Waals surface area contributed by atoms with Crippen molar-refractivity contribution < 1.29 is 27.2 Å². The van der Waals surface area contributed by atoms with E-state index >= 15 is 0 Å². The highest BCUT2D eigenvalue weighted by atomic mass is 32.2. The summed E-state index contributed by atoms with van der Waals surface area (Å²) >= 11 is 0. The lowest BCUT2D eigenvalue weighted by molar-refractivity contribution is -0.396. The highest BCUT2D eigenvalue weighted by molar-refractivity contribution is 7.87. The maximum Gasteiger partial charge on any atom is 0.304 e. The Kier molecular flexibility index (Phi) is 5.43. The van der Waals surface area contributed by atoms with Crippen molar-refractivity contribution in [2.24, 2.45) is 0 Å². The van der Waals surface area contributed by atoms with Gasteiger partial charge in [-0.3, -0.25) is 29.2 Å². The first-order valence-corrected chi connectivity index (χ1v) is 8.45. The number of rotatable bonds is 7. The molecule has 0 atom stereocenters. The van der Waals surface area contributed by atoms with Crippen LogP contribution in [0.3, 0.4) is 0 Å². The maximum absolute atomic E-state index is 12.2. The molecule has 0 aliphatic carbocycles. The number of nitro groups is 2. The minimum Gasteiger partial charge on any atom is -0.291 e. The van der Waals surface area contributed by atoms with Crippen molar-refractivity contribution in [1.29, 1.82) is 0 Å². The molecule has 0 unspecified atom stereocenters. The lowest BCUT2D eigenvalue weighted by Gasteiger charge is -2.06. The van der Waals surface area contributed by atoms with Gasteiger partial charge in [0, 0.05) is 11.6 Å². The molecule has 0 bridgehead atoms. The van der Waals surface area contributed by atoms with Crippen LogP contribution < -0.4 is 0 Å². The zero-order valence-corrected chi connectivity index (χ0v) is 14.1. The maximum atomic E-state index is 12.2. The van der Waals surface area contributed by atoms with E-state index < -0.39 is 48.6 Å². The Morgan fingerprint density at radius 1 is 1.04 bits per heavy atom. The first kappa shape index (κ1) is 19.1. The smallest absolute Gasteiger partial charge is 0.291 e. The van der Waals surface area contributed by atoms with Gasteiger partial charge in [-0.1, -0.05) is 29.8 Å². The average molecular weight is 380 g/mol. The summed E-state index contributed by atoms with van der Waals surface area (Å²) in [5, 5.41) is 21.7. The second kappa shape index (κ2) is 7.37. The van der Waals surface area contributed by atoms with Crippen LogP contribution in [0, 0.1) is 27.2 Å². The Labute approximate surface area is 147 Å². The van der Waals surface area contributed by atoms with Gasteiger partial charge in [0.2, 0.25) is 0 Å². The van der Waals surface area contributed by atoms with Crippen LogP contribution in [0.25, 0.3) is 0 Å². The first-order valence-electron chi connectivity index (χ1n) is 7.04. The van der Waals surface area contributed by atoms with Crippen molar-refractivity contribution in [1.82, 2.24) is 0 Å². The van der Waals surface area contributed by atoms with Crippen molar-refractivity contribution in [3.63, 3.8) is 0 Å². The van der Waals surface area contributed by atoms with E-state index in [-0.39, 0.29) is 5.56 Å². The molecule has 2 rings (SSSR count). The van der Waals surface area contributed by atoms with Gasteiger partial charge in [0.1, 0.15) is 6.61 Å². The van der Waals surface area contributed by atoms with Crippen molar-refractivity contribution in [3.05, 3.63) is 73.8 Å². The van der Waals surface area contributed by atoms with Crippen molar-refractivity contribution in [2.75, 3.05) is 6.61 Å². The zero-order chi connectivity index (χ0) is 19.5. The zero-order valence-electron chi connectivity index (χ0n) is 13.3. The number of nitro benzene ring substituents is 2. The minimum atomic E-state index is -4.67. The molecular weight excluding hydrogens is 368 g/mol. The van der Waals surface area contributed by atoms with Crippen LogP contribution in [0.2, 0.25) is 0 Å². The molecule has 0 saturated carbocycles. The number of Topliss-reactive ketones (excluding diaryl/α,β-unsaturated/α-hetero) is 1. The summed E-state index contributed by atoms with van der Waals surface area (Å²) in [6.07, 6.45) is 0. The second-order valence-electron chi connectivity index (χ2n) is 5.17. The number of non-ortho nitro benzene ring substituents is 1. The summed E-state index contributed by atoms with van der Waals surface area (Å²) in [6, 6.07) is 8.29. The van der Waals surface area contributed by atoms with Gasteiger partial charge in [-0.05, 0) is 13.0 Å². The van der Waals surface area contributed by atoms with Crippen LogP contribution in [0.5, 0.6) is 0 Å². The van der Waals surface area contributed by atoms with Gasteiger partial charge in [-0.25, -0.2) is 0 Å². The number of nitrogens with zero attached hydrogens (tertiary/aromatic N) is 2. The van der Waals surface area contributed by atoms with Gasteiger partial charge in [0.15, 0.2) is 10.7 Å². The minimum absolute atomic E-state index is 0.212. The molecule has 0 aliphatic rings. The van der Waals surface area contributed by atoms with E-state index in [0.717, 1.165) is 11.6 Å². The van der Waals surface area contributed by atoms with Gasteiger partial charge in [0.25, 0.3) is 11.4 Å². The topological polar surface area (TPSA) is 147 Å². The molecule has 136 valence electrons. The molecular formula is C15H12N2O8S. The van der Waals surface area contributed by atoms with Crippen molar-refractivity contribution >= 4 is 27.3 Å². The summed E-state index contributed by atoms with van der Waals surface area (Å²) in [7, 11) is -4.67. The molecule has 0 saturated heterocycles. The van der Waals surface area contributed by atoms with Crippen LogP contribution >= 0.6 is 0 Å². The Morgan fingerprint density at radius 2 is 1.65 bits per heavy atom. The van der Waals surface area contributed by atoms with E-state index in [2.05, 4.69) is 4.18 Å². The lowest BCUT2D eigenvalue weighted by Crippen LogP contribution is -2.16. The molecule has 0 aliphatic heterocycles. The van der Waals surface area contributed by atoms with Crippen molar-refractivity contribution in [3.8, 4) is 0 Å². The Bertz CT molecular complexity index is 983. The number of carbonyl (C=O) groups excluding carboxylic acids is 1. The molecule has 10 nitrogen and oxygen atoms in total. The van der Waals surface area contributed by atoms with Gasteiger partial charge >= 0.3 is 10.1 Å². The number of ketones is 1. The predicted molar refractivity (Wildman–Crippen MR) is 88.4 cm³/mol. The quantitative estimate of drug-likeness (QED) is 0.308. The third-order valence-corrected chi connectivity index (χ3v) is 4.65. The van der Waals surface area contributed by atoms with E-state index in [1.807, 2.05) is 6.92 Å². The van der Waals surface area contributed by atoms with Gasteiger partial charge < -0.3 is 0 Å². The van der Waals surface area contributed by atoms with Crippen LogP contribution in [-0.4, -0.2) is 30.7 Å². The number of benzene rings is 2. The van der Waals surface area contributed by atoms with E-state index in [1.165, 1.54) is 12.1 Å². The van der Waals surface area contributed by atoms with Crippen LogP contribution in [0.15, 0.2) is 47.4 Å². The molecule has 0 amide bonds. The van der Waals surface area contributed by atoms with Crippen LogP contribution in [0.1, 0.15) is 15.9 Å². The molecule has 26 heavy (non-hydrogen) atoms. The number of carbonyl (C=O) groups is 1. The molecule has 11 heteroatoms. The normalized spacial score (nSPS) is 11.1. The van der Waals surface area contributed by atoms with Gasteiger partial charge in [0.05, 0.1) is 15.9 Å². The summed E-state index contributed by atoms with van der Waals surface area (Å²) in [5.74, 6) is -0.641. The van der Waals surface area contributed by atoms with Gasteiger partial charge in [-0.15, -0.1) is 0 Å². The lowest BCUT2D eigenvalue weighted by atomic mass is 10.1. The molecule has 0 aromatic heterocycles. The fourth-order valence-corrected chi connectivity index (χ4v) is 3.00. The van der Waals surface area contributed by atoms with Crippen molar-refractivity contribution in [2.45, 2.75) is 11.8 Å². The molecule has 0 N–H and O–H groups in total. The molecule has 0 heterocycles. The van der Waals surface area contributed by atoms with Gasteiger partial charge in [-0.2, -0.15) is 8.42 Å². The third kappa shape index (κ3) is 4.26. The van der Waals surface area contributed by atoms with E-state index in [1.54, 1.807) is 12.1 Å². The van der Waals surface area contributed by atoms with E-state index in [0.29, 0.717) is 12.1 Å². The Balaban J connectivity index is 2.27. The van der Waals surface area contributed by atoms with E-state index in [9.17, 15) is 33.4 Å². The summed E-state index contributed by atoms with van der Waals surface area (Å²) in [5.41, 5.74) is -0.547. The monoisotopic (exact) mass is 380 g/mol. The summed E-state index contributed by atoms with van der Waals surface area (Å²) in [6.45, 7) is 0.947. The average Bonchev–Trinajstić information content (AvgIpc) is 2.59. The highest BCUT2D eigenvalue weighted by Crippen LogP contribution is 2.29. The molecule has 0 radical (unpaired) electrons. The number of hydrogen-bond donors (Lipinski definition) is 0. The number of hydrogen-bond acceptors (Lipinski definition) is 8. The molecule has 0 fully saturated rings. The van der Waals surface area contributed by atoms with Crippen LogP contribution in [-0.2, 0) is 14.3 Å². The van der Waals surface area contributed by atoms with Crippen LogP contribution in [0.4, 0.5) is 11.4 Å². The standard InChI is InChI=1S/C15H12N2O8S/c1-10-2-4-11(5-3-10)14(18)9-25-26(23,24)15-7-6-12(16(19)20)8-13(15)17(21)22/h2-8H,9H2,1H3. The highest BCUT2D eigenvalue weighted by Gasteiger charge is 2.30. The molecule has 0 spiro atoms. The fourth-order valence-electron chi connectivity index (χ4n) is 1.99. The Morgan fingerprint density at radius 3 is 2.19 bits per heavy atom. The predicted octanol–water partition coefficient (Wildman–Crippen LogP) is 2.40. The Hall–Kier alpha value is -3.18. The molecule has 2 aromatic rings. The fraction of sp³-hybridized carbons (Fsp3) is 0.133. The second-order valence-corrected chi connectivity index (χ2v) is 6.76. The third-order valence-electron chi connectivity index (χ3n) is 3.34. The van der Waals surface area contributed by atoms with E-state index in [4.69, 9.17) is 0 Å². The first-order chi connectivity index (χ1) is 12.1. The molecule has 2 aromatic carbocycles.